The van der Waals surface area contributed by atoms with Gasteiger partial charge in [0.05, 0.1) is 35.6 Å². The number of nitrogens with one attached hydrogen (secondary N) is 3. The number of pyridine rings is 1. The largest absolute Gasteiger partial charge is 0.486 e. The molecule has 0 unspecified atom stereocenters. The molecule has 0 aliphatic carbocycles. The van der Waals surface area contributed by atoms with Gasteiger partial charge in [-0.05, 0) is 61.4 Å². The maximum absolute atomic E-state index is 13.7. The number of aromatic nitrogens is 4. The van der Waals surface area contributed by atoms with Gasteiger partial charge in [-0.25, -0.2) is 9.78 Å². The van der Waals surface area contributed by atoms with Gasteiger partial charge in [-0.3, -0.25) is 29.7 Å². The number of urea groups is 1. The lowest BCUT2D eigenvalue weighted by molar-refractivity contribution is -0.385. The van der Waals surface area contributed by atoms with Crippen molar-refractivity contribution in [3.63, 3.8) is 0 Å². The van der Waals surface area contributed by atoms with Gasteiger partial charge in [-0.2, -0.15) is 4.98 Å². The van der Waals surface area contributed by atoms with Crippen LogP contribution in [0.3, 0.4) is 0 Å². The lowest BCUT2D eigenvalue weighted by atomic mass is 10.1. The average Bonchev–Trinajstić information content (AvgIpc) is 3.54. The molecule has 4 heterocycles. The lowest BCUT2D eigenvalue weighted by Crippen LogP contribution is -2.46. The predicted octanol–water partition coefficient (Wildman–Crippen LogP) is 7.07. The Bertz CT molecular complexity index is 2300. The van der Waals surface area contributed by atoms with Crippen LogP contribution < -0.4 is 25.2 Å². The van der Waals surface area contributed by atoms with E-state index in [9.17, 15) is 19.7 Å². The highest BCUT2D eigenvalue weighted by Gasteiger charge is 2.32. The monoisotopic (exact) mass is 683 g/mol. The summed E-state index contributed by atoms with van der Waals surface area (Å²) in [5.41, 5.74) is 6.13. The second-order valence-electron chi connectivity index (χ2n) is 12.1. The van der Waals surface area contributed by atoms with Gasteiger partial charge >= 0.3 is 11.7 Å². The first-order valence-corrected chi connectivity index (χ1v) is 16.1. The van der Waals surface area contributed by atoms with Crippen LogP contribution in [0.2, 0.25) is 0 Å². The Hall–Kier alpha value is -6.83. The van der Waals surface area contributed by atoms with E-state index in [-0.39, 0.29) is 36.2 Å². The van der Waals surface area contributed by atoms with Crippen molar-refractivity contribution >= 4 is 57.4 Å². The number of ether oxygens (including phenoxy) is 1. The van der Waals surface area contributed by atoms with Crippen LogP contribution in [0, 0.1) is 24.0 Å². The first-order chi connectivity index (χ1) is 24.6. The molecule has 0 saturated carbocycles. The minimum absolute atomic E-state index is 0.00573. The molecule has 3 N–H and O–H groups in total. The summed E-state index contributed by atoms with van der Waals surface area (Å²) >= 11 is 0. The molecule has 1 aliphatic heterocycles. The number of rotatable bonds is 10. The number of nitro groups is 1. The number of benzene rings is 3. The van der Waals surface area contributed by atoms with Crippen LogP contribution in [0.5, 0.6) is 5.75 Å². The number of carbonyl (C=O) groups is 2. The summed E-state index contributed by atoms with van der Waals surface area (Å²) in [7, 11) is 1.65. The van der Waals surface area contributed by atoms with Crippen molar-refractivity contribution in [1.82, 2.24) is 19.9 Å². The summed E-state index contributed by atoms with van der Waals surface area (Å²) in [4.78, 5) is 57.9. The lowest BCUT2D eigenvalue weighted by Gasteiger charge is -2.35. The van der Waals surface area contributed by atoms with Crippen molar-refractivity contribution in [3.8, 4) is 5.75 Å². The second kappa shape index (κ2) is 13.6. The summed E-state index contributed by atoms with van der Waals surface area (Å²) in [5.74, 6) is 0.315. The van der Waals surface area contributed by atoms with Crippen molar-refractivity contribution in [3.05, 3.63) is 129 Å². The third-order valence-corrected chi connectivity index (χ3v) is 8.65. The first-order valence-electron chi connectivity index (χ1n) is 16.1. The number of amides is 3. The Morgan fingerprint density at radius 2 is 1.84 bits per heavy atom. The number of aromatic amines is 1. The highest BCUT2D eigenvalue weighted by atomic mass is 16.6. The van der Waals surface area contributed by atoms with Gasteiger partial charge in [0.25, 0.3) is 5.91 Å². The molecule has 3 amide bonds. The number of fused-ring (bicyclic) bond motifs is 2. The van der Waals surface area contributed by atoms with Crippen molar-refractivity contribution in [2.24, 2.45) is 0 Å². The van der Waals surface area contributed by atoms with E-state index in [1.54, 1.807) is 36.5 Å². The third-order valence-electron chi connectivity index (χ3n) is 8.65. The minimum atomic E-state index is -0.538. The van der Waals surface area contributed by atoms with E-state index in [1.165, 1.54) is 23.1 Å². The number of anilines is 5. The third kappa shape index (κ3) is 6.74. The fourth-order valence-corrected chi connectivity index (χ4v) is 5.94. The normalized spacial score (nSPS) is 12.5. The van der Waals surface area contributed by atoms with Crippen LogP contribution in [-0.2, 0) is 13.0 Å². The van der Waals surface area contributed by atoms with E-state index in [0.717, 1.165) is 39.0 Å². The summed E-state index contributed by atoms with van der Waals surface area (Å²) < 4.78 is 5.87. The molecular formula is C37H33N9O5. The van der Waals surface area contributed by atoms with E-state index in [2.05, 4.69) is 30.6 Å². The molecule has 3 aromatic heterocycles. The molecule has 0 radical (unpaired) electrons. The van der Waals surface area contributed by atoms with Crippen molar-refractivity contribution in [2.75, 3.05) is 34.1 Å². The van der Waals surface area contributed by atoms with Gasteiger partial charge in [-0.15, -0.1) is 0 Å². The standard InChI is InChI=1S/C37H33N9O5/c1-22-8-11-27(17-32(22)45-21-26-19-40-36(43-34(26)44(3)37(45)48)42-28-12-9-23(2)38-20-28)41-35(47)24-10-13-31(46(49)50)33(16-24)51-15-14-25-18-39-30-7-5-4-6-29(25)30/h4-13,16-20,39H,14-15,21H2,1-3H3,(H,41,47)(H,40,42,43). The van der Waals surface area contributed by atoms with Gasteiger partial charge in [0.1, 0.15) is 5.82 Å². The maximum Gasteiger partial charge on any atom is 0.330 e. The highest BCUT2D eigenvalue weighted by Crippen LogP contribution is 2.34. The number of hydrogen-bond donors (Lipinski definition) is 3. The Morgan fingerprint density at radius 1 is 1.02 bits per heavy atom. The summed E-state index contributed by atoms with van der Waals surface area (Å²) in [6.07, 6.45) is 5.76. The number of aryl methyl sites for hydroxylation is 2. The predicted molar refractivity (Wildman–Crippen MR) is 194 cm³/mol. The molecule has 0 bridgehead atoms. The zero-order valence-electron chi connectivity index (χ0n) is 28.0. The van der Waals surface area contributed by atoms with Gasteiger partial charge in [-0.1, -0.05) is 24.3 Å². The van der Waals surface area contributed by atoms with Crippen LogP contribution in [-0.4, -0.2) is 50.5 Å². The summed E-state index contributed by atoms with van der Waals surface area (Å²) in [5, 5.41) is 18.8. The molecule has 14 nitrogen and oxygen atoms in total. The Balaban J connectivity index is 1.06. The SMILES string of the molecule is Cc1ccc(Nc2ncc3c(n2)N(C)C(=O)N(c2cc(NC(=O)c4ccc([N+](=O)[O-])c(OCCc5c[nH]c6ccccc56)c4)ccc2C)C3)cn1. The van der Waals surface area contributed by atoms with Crippen LogP contribution >= 0.6 is 0 Å². The molecule has 0 fully saturated rings. The number of para-hydroxylation sites is 1. The van der Waals surface area contributed by atoms with Crippen LogP contribution in [0.15, 0.2) is 91.4 Å². The maximum atomic E-state index is 13.7. The quantitative estimate of drug-likeness (QED) is 0.101. The molecule has 256 valence electrons. The summed E-state index contributed by atoms with van der Waals surface area (Å²) in [6.45, 7) is 4.16. The van der Waals surface area contributed by atoms with E-state index in [0.29, 0.717) is 29.6 Å². The van der Waals surface area contributed by atoms with Crippen molar-refractivity contribution in [1.29, 1.82) is 0 Å². The van der Waals surface area contributed by atoms with Crippen LogP contribution in [0.4, 0.5) is 39.3 Å². The Kier molecular flexibility index (Phi) is 8.71. The molecular weight excluding hydrogens is 650 g/mol. The number of carbonyl (C=O) groups excluding carboxylic acids is 2. The van der Waals surface area contributed by atoms with Gasteiger partial charge in [0.2, 0.25) is 5.95 Å². The average molecular weight is 684 g/mol. The molecule has 14 heteroatoms. The fourth-order valence-electron chi connectivity index (χ4n) is 5.94. The molecule has 0 saturated heterocycles. The smallest absolute Gasteiger partial charge is 0.330 e. The molecule has 0 atom stereocenters. The Morgan fingerprint density at radius 3 is 2.65 bits per heavy atom. The number of hydrogen-bond acceptors (Lipinski definition) is 9. The zero-order valence-corrected chi connectivity index (χ0v) is 28.0. The van der Waals surface area contributed by atoms with Crippen molar-refractivity contribution < 1.29 is 19.2 Å². The number of nitrogens with zero attached hydrogens (tertiary/aromatic N) is 6. The van der Waals surface area contributed by atoms with Gasteiger partial charge in [0, 0.05) is 71.4 Å². The van der Waals surface area contributed by atoms with Crippen LogP contribution in [0.1, 0.15) is 32.7 Å². The molecule has 0 spiro atoms. The highest BCUT2D eigenvalue weighted by molar-refractivity contribution is 6.07. The van der Waals surface area contributed by atoms with E-state index in [1.807, 2.05) is 62.5 Å². The topological polar surface area (TPSA) is 172 Å². The fraction of sp³-hybridized carbons (Fsp3) is 0.162. The second-order valence-corrected chi connectivity index (χ2v) is 12.1. The number of H-pyrrole nitrogens is 1. The Labute approximate surface area is 292 Å². The molecule has 1 aliphatic rings. The molecule has 7 rings (SSSR count). The van der Waals surface area contributed by atoms with E-state index in [4.69, 9.17) is 4.74 Å². The minimum Gasteiger partial charge on any atom is -0.486 e. The molecule has 3 aromatic carbocycles. The first kappa shape index (κ1) is 32.7. The summed E-state index contributed by atoms with van der Waals surface area (Å²) in [6, 6.07) is 20.6. The van der Waals surface area contributed by atoms with Gasteiger partial charge in [0.15, 0.2) is 5.75 Å². The van der Waals surface area contributed by atoms with E-state index < -0.39 is 10.8 Å². The molecule has 6 aromatic rings. The van der Waals surface area contributed by atoms with Crippen molar-refractivity contribution in [2.45, 2.75) is 26.8 Å². The van der Waals surface area contributed by atoms with Gasteiger partial charge < -0.3 is 20.4 Å². The zero-order chi connectivity index (χ0) is 35.6. The molecule has 51 heavy (non-hydrogen) atoms. The number of nitro benzene ring substituents is 1. The van der Waals surface area contributed by atoms with Crippen LogP contribution in [0.25, 0.3) is 10.9 Å². The van der Waals surface area contributed by atoms with E-state index >= 15 is 0 Å².